The van der Waals surface area contributed by atoms with Crippen LogP contribution in [0.3, 0.4) is 0 Å². The fraction of sp³-hybridized carbons (Fsp3) is 0.867. The minimum atomic E-state index is -0.755. The molecule has 0 aromatic carbocycles. The SMILES string of the molecule is CC(C)C(CCNC(=O)N1CCC(CN)C1)CCC(=O)O. The Morgan fingerprint density at radius 1 is 1.38 bits per heavy atom. The van der Waals surface area contributed by atoms with Crippen LogP contribution in [-0.2, 0) is 4.79 Å². The standard InChI is InChI=1S/C15H29N3O3/c1-11(2)13(3-4-14(19)20)5-7-17-15(21)18-8-6-12(9-16)10-18/h11-13H,3-10,16H2,1-2H3,(H,17,21)(H,19,20). The molecule has 6 heteroatoms. The average molecular weight is 299 g/mol. The average Bonchev–Trinajstić information content (AvgIpc) is 2.90. The van der Waals surface area contributed by atoms with Gasteiger partial charge in [-0.15, -0.1) is 0 Å². The quantitative estimate of drug-likeness (QED) is 0.633. The zero-order valence-electron chi connectivity index (χ0n) is 13.2. The van der Waals surface area contributed by atoms with Crippen molar-refractivity contribution in [3.05, 3.63) is 0 Å². The van der Waals surface area contributed by atoms with Crippen molar-refractivity contribution in [3.8, 4) is 0 Å². The number of rotatable bonds is 8. The third kappa shape index (κ3) is 6.33. The first kappa shape index (κ1) is 17.8. The van der Waals surface area contributed by atoms with Crippen molar-refractivity contribution in [2.24, 2.45) is 23.5 Å². The lowest BCUT2D eigenvalue weighted by atomic mass is 9.88. The molecule has 1 saturated heterocycles. The number of nitrogens with zero attached hydrogens (tertiary/aromatic N) is 1. The highest BCUT2D eigenvalue weighted by molar-refractivity contribution is 5.74. The number of carboxylic acid groups (broad SMARTS) is 1. The molecule has 0 saturated carbocycles. The molecule has 1 rings (SSSR count). The van der Waals surface area contributed by atoms with Crippen molar-refractivity contribution >= 4 is 12.0 Å². The van der Waals surface area contributed by atoms with Gasteiger partial charge in [0.15, 0.2) is 0 Å². The number of carboxylic acids is 1. The molecule has 1 fully saturated rings. The van der Waals surface area contributed by atoms with Crippen molar-refractivity contribution < 1.29 is 14.7 Å². The largest absolute Gasteiger partial charge is 0.481 e. The van der Waals surface area contributed by atoms with Gasteiger partial charge in [0.05, 0.1) is 0 Å². The number of urea groups is 1. The first-order chi connectivity index (χ1) is 9.93. The Morgan fingerprint density at radius 3 is 2.62 bits per heavy atom. The Labute approximate surface area is 127 Å². The molecular formula is C15H29N3O3. The zero-order chi connectivity index (χ0) is 15.8. The molecule has 0 aliphatic carbocycles. The van der Waals surface area contributed by atoms with Crippen LogP contribution in [0.4, 0.5) is 4.79 Å². The summed E-state index contributed by atoms with van der Waals surface area (Å²) in [5.74, 6) is 0.427. The number of aliphatic carboxylic acids is 1. The van der Waals surface area contributed by atoms with Crippen molar-refractivity contribution in [3.63, 3.8) is 0 Å². The molecule has 6 nitrogen and oxygen atoms in total. The zero-order valence-corrected chi connectivity index (χ0v) is 13.2. The van der Waals surface area contributed by atoms with E-state index < -0.39 is 5.97 Å². The summed E-state index contributed by atoms with van der Waals surface area (Å²) in [6.45, 7) is 6.95. The number of likely N-dealkylation sites (tertiary alicyclic amines) is 1. The van der Waals surface area contributed by atoms with Gasteiger partial charge in [0.25, 0.3) is 0 Å². The van der Waals surface area contributed by atoms with Gasteiger partial charge in [0.2, 0.25) is 0 Å². The van der Waals surface area contributed by atoms with E-state index in [1.54, 1.807) is 0 Å². The molecular weight excluding hydrogens is 270 g/mol. The Morgan fingerprint density at radius 2 is 2.10 bits per heavy atom. The molecule has 0 aromatic rings. The van der Waals surface area contributed by atoms with Crippen LogP contribution < -0.4 is 11.1 Å². The van der Waals surface area contributed by atoms with Crippen LogP contribution in [0.2, 0.25) is 0 Å². The fourth-order valence-corrected chi connectivity index (χ4v) is 2.81. The Bertz CT molecular complexity index is 347. The molecule has 0 aromatic heterocycles. The Kier molecular flexibility index (Phi) is 7.50. The number of hydrogen-bond donors (Lipinski definition) is 3. The number of nitrogens with one attached hydrogen (secondary N) is 1. The van der Waals surface area contributed by atoms with Crippen LogP contribution in [0.25, 0.3) is 0 Å². The molecule has 2 amide bonds. The van der Waals surface area contributed by atoms with E-state index in [2.05, 4.69) is 19.2 Å². The van der Waals surface area contributed by atoms with E-state index in [9.17, 15) is 9.59 Å². The second-order valence-electron chi connectivity index (χ2n) is 6.29. The first-order valence-electron chi connectivity index (χ1n) is 7.88. The normalized spacial score (nSPS) is 19.8. The minimum absolute atomic E-state index is 0.0216. The number of amides is 2. The molecule has 2 atom stereocenters. The maximum atomic E-state index is 12.0. The number of nitrogens with two attached hydrogens (primary N) is 1. The van der Waals surface area contributed by atoms with Crippen LogP contribution in [-0.4, -0.2) is 48.2 Å². The van der Waals surface area contributed by atoms with Gasteiger partial charge in [0, 0.05) is 26.1 Å². The van der Waals surface area contributed by atoms with E-state index in [0.29, 0.717) is 37.3 Å². The second-order valence-corrected chi connectivity index (χ2v) is 6.29. The maximum absolute atomic E-state index is 12.0. The van der Waals surface area contributed by atoms with E-state index in [0.717, 1.165) is 25.9 Å². The number of hydrogen-bond acceptors (Lipinski definition) is 3. The van der Waals surface area contributed by atoms with Crippen LogP contribution in [0.1, 0.15) is 39.5 Å². The summed E-state index contributed by atoms with van der Waals surface area (Å²) < 4.78 is 0. The molecule has 1 aliphatic heterocycles. The lowest BCUT2D eigenvalue weighted by molar-refractivity contribution is -0.137. The first-order valence-corrected chi connectivity index (χ1v) is 7.88. The number of carbonyl (C=O) groups is 2. The summed E-state index contributed by atoms with van der Waals surface area (Å²) in [6, 6.07) is -0.0216. The lowest BCUT2D eigenvalue weighted by Crippen LogP contribution is -2.39. The maximum Gasteiger partial charge on any atom is 0.317 e. The predicted molar refractivity (Wildman–Crippen MR) is 81.9 cm³/mol. The van der Waals surface area contributed by atoms with Gasteiger partial charge >= 0.3 is 12.0 Å². The van der Waals surface area contributed by atoms with Gasteiger partial charge < -0.3 is 21.1 Å². The smallest absolute Gasteiger partial charge is 0.317 e. The summed E-state index contributed by atoms with van der Waals surface area (Å²) in [7, 11) is 0. The van der Waals surface area contributed by atoms with Crippen LogP contribution in [0.15, 0.2) is 0 Å². The summed E-state index contributed by atoms with van der Waals surface area (Å²) in [5.41, 5.74) is 5.62. The summed E-state index contributed by atoms with van der Waals surface area (Å²) in [5, 5.41) is 11.7. The lowest BCUT2D eigenvalue weighted by Gasteiger charge is -2.22. The van der Waals surface area contributed by atoms with E-state index in [1.165, 1.54) is 0 Å². The summed E-state index contributed by atoms with van der Waals surface area (Å²) in [4.78, 5) is 24.5. The number of carbonyl (C=O) groups excluding carboxylic acids is 1. The molecule has 0 radical (unpaired) electrons. The van der Waals surface area contributed by atoms with E-state index in [4.69, 9.17) is 10.8 Å². The fourth-order valence-electron chi connectivity index (χ4n) is 2.81. The van der Waals surface area contributed by atoms with Crippen molar-refractivity contribution in [1.29, 1.82) is 0 Å². The van der Waals surface area contributed by atoms with Crippen LogP contribution in [0.5, 0.6) is 0 Å². The minimum Gasteiger partial charge on any atom is -0.481 e. The highest BCUT2D eigenvalue weighted by atomic mass is 16.4. The van der Waals surface area contributed by atoms with Crippen molar-refractivity contribution in [1.82, 2.24) is 10.2 Å². The third-order valence-electron chi connectivity index (χ3n) is 4.37. The van der Waals surface area contributed by atoms with Gasteiger partial charge in [-0.05, 0) is 43.6 Å². The third-order valence-corrected chi connectivity index (χ3v) is 4.37. The molecule has 0 bridgehead atoms. The highest BCUT2D eigenvalue weighted by Gasteiger charge is 2.25. The molecule has 1 heterocycles. The van der Waals surface area contributed by atoms with Crippen molar-refractivity contribution in [2.75, 3.05) is 26.2 Å². The molecule has 2 unspecified atom stereocenters. The van der Waals surface area contributed by atoms with E-state index >= 15 is 0 Å². The topological polar surface area (TPSA) is 95.7 Å². The van der Waals surface area contributed by atoms with Gasteiger partial charge in [-0.1, -0.05) is 13.8 Å². The van der Waals surface area contributed by atoms with Crippen LogP contribution >= 0.6 is 0 Å². The van der Waals surface area contributed by atoms with Gasteiger partial charge in [-0.3, -0.25) is 4.79 Å². The summed E-state index contributed by atoms with van der Waals surface area (Å²) >= 11 is 0. The monoisotopic (exact) mass is 299 g/mol. The van der Waals surface area contributed by atoms with Crippen LogP contribution in [0, 0.1) is 17.8 Å². The summed E-state index contributed by atoms with van der Waals surface area (Å²) in [6.07, 6.45) is 2.67. The Balaban J connectivity index is 2.26. The molecule has 0 spiro atoms. The van der Waals surface area contributed by atoms with Gasteiger partial charge in [-0.2, -0.15) is 0 Å². The van der Waals surface area contributed by atoms with Crippen molar-refractivity contribution in [2.45, 2.75) is 39.5 Å². The van der Waals surface area contributed by atoms with E-state index in [1.807, 2.05) is 4.90 Å². The molecule has 21 heavy (non-hydrogen) atoms. The molecule has 4 N–H and O–H groups in total. The predicted octanol–water partition coefficient (Wildman–Crippen LogP) is 1.50. The highest BCUT2D eigenvalue weighted by Crippen LogP contribution is 2.20. The second kappa shape index (κ2) is 8.87. The van der Waals surface area contributed by atoms with Gasteiger partial charge in [0.1, 0.15) is 0 Å². The van der Waals surface area contributed by atoms with Gasteiger partial charge in [-0.25, -0.2) is 4.79 Å². The molecule has 1 aliphatic rings. The Hall–Kier alpha value is -1.30. The molecule has 122 valence electrons. The van der Waals surface area contributed by atoms with E-state index in [-0.39, 0.29) is 12.5 Å².